The fourth-order valence-corrected chi connectivity index (χ4v) is 2.53. The van der Waals surface area contributed by atoms with Crippen molar-refractivity contribution < 1.29 is 4.79 Å². The summed E-state index contributed by atoms with van der Waals surface area (Å²) in [4.78, 5) is 10.8. The number of carbonyl (C=O) groups is 1. The molecule has 0 atom stereocenters. The molecule has 0 aromatic rings. The van der Waals surface area contributed by atoms with Gasteiger partial charge in [0.15, 0.2) is 5.78 Å². The number of rotatable bonds is 6. The Kier molecular flexibility index (Phi) is 6.45. The van der Waals surface area contributed by atoms with Crippen molar-refractivity contribution in [2.45, 2.75) is 20.3 Å². The van der Waals surface area contributed by atoms with Gasteiger partial charge in [-0.15, -0.1) is 7.92 Å². The van der Waals surface area contributed by atoms with E-state index < -0.39 is 0 Å². The second-order valence-corrected chi connectivity index (χ2v) is 5.50. The van der Waals surface area contributed by atoms with E-state index in [1.807, 2.05) is 0 Å². The van der Waals surface area contributed by atoms with Gasteiger partial charge in [0.2, 0.25) is 0 Å². The van der Waals surface area contributed by atoms with Crippen molar-refractivity contribution >= 4 is 13.7 Å². The van der Waals surface area contributed by atoms with Crippen LogP contribution in [0.3, 0.4) is 0 Å². The van der Waals surface area contributed by atoms with Crippen molar-refractivity contribution in [3.63, 3.8) is 0 Å². The Morgan fingerprint density at radius 1 is 1.45 bits per heavy atom. The van der Waals surface area contributed by atoms with Crippen LogP contribution in [-0.2, 0) is 4.79 Å². The van der Waals surface area contributed by atoms with E-state index in [4.69, 9.17) is 0 Å². The van der Waals surface area contributed by atoms with E-state index in [1.54, 1.807) is 0 Å². The summed E-state index contributed by atoms with van der Waals surface area (Å²) >= 11 is 0. The van der Waals surface area contributed by atoms with Crippen LogP contribution in [0.15, 0.2) is 12.7 Å². The van der Waals surface area contributed by atoms with Crippen molar-refractivity contribution in [1.82, 2.24) is 0 Å². The molecule has 0 aliphatic heterocycles. The minimum Gasteiger partial charge on any atom is -0.295 e. The topological polar surface area (TPSA) is 17.1 Å². The Morgan fingerprint density at radius 2 is 2.00 bits per heavy atom. The van der Waals surface area contributed by atoms with E-state index >= 15 is 0 Å². The number of allylic oxidation sites excluding steroid dienone is 1. The number of carbonyl (C=O) groups excluding carboxylic acids is 1. The standard InChI is InChI=1S/C9H17OP/c1-4-9(10)7-8-11(5-2)6-3/h4H,1,5-8H2,2-3H3. The van der Waals surface area contributed by atoms with Gasteiger partial charge in [0.1, 0.15) is 0 Å². The largest absolute Gasteiger partial charge is 0.295 e. The molecule has 0 saturated heterocycles. The van der Waals surface area contributed by atoms with Crippen LogP contribution in [0.5, 0.6) is 0 Å². The van der Waals surface area contributed by atoms with Crippen molar-refractivity contribution in [3.8, 4) is 0 Å². The molecule has 0 aromatic heterocycles. The van der Waals surface area contributed by atoms with Crippen LogP contribution < -0.4 is 0 Å². The van der Waals surface area contributed by atoms with E-state index in [0.29, 0.717) is 6.42 Å². The van der Waals surface area contributed by atoms with Gasteiger partial charge in [-0.05, 0) is 24.6 Å². The average Bonchev–Trinajstić information content (AvgIpc) is 2.06. The normalized spacial score (nSPS) is 10.1. The monoisotopic (exact) mass is 172 g/mol. The fourth-order valence-electron chi connectivity index (χ4n) is 0.910. The zero-order chi connectivity index (χ0) is 8.69. The Bertz CT molecular complexity index is 128. The van der Waals surface area contributed by atoms with Crippen LogP contribution in [0.25, 0.3) is 0 Å². The third-order valence-electron chi connectivity index (χ3n) is 1.80. The molecular formula is C9H17OP. The zero-order valence-corrected chi connectivity index (χ0v) is 8.36. The third kappa shape index (κ3) is 5.15. The second-order valence-electron chi connectivity index (χ2n) is 2.45. The Balaban J connectivity index is 3.49. The van der Waals surface area contributed by atoms with E-state index in [9.17, 15) is 4.79 Å². The van der Waals surface area contributed by atoms with E-state index in [-0.39, 0.29) is 13.7 Å². The quantitative estimate of drug-likeness (QED) is 0.444. The minimum atomic E-state index is 0.137. The van der Waals surface area contributed by atoms with Crippen LogP contribution in [0.1, 0.15) is 20.3 Å². The lowest BCUT2D eigenvalue weighted by molar-refractivity contribution is -0.114. The molecule has 0 heterocycles. The number of hydrogen-bond acceptors (Lipinski definition) is 1. The van der Waals surface area contributed by atoms with E-state index in [1.165, 1.54) is 18.4 Å². The maximum absolute atomic E-state index is 10.8. The molecule has 0 aliphatic rings. The summed E-state index contributed by atoms with van der Waals surface area (Å²) in [5.41, 5.74) is 0. The van der Waals surface area contributed by atoms with Gasteiger partial charge in [0.25, 0.3) is 0 Å². The highest BCUT2D eigenvalue weighted by Gasteiger charge is 2.03. The van der Waals surface area contributed by atoms with Gasteiger partial charge in [-0.1, -0.05) is 20.4 Å². The molecule has 0 fully saturated rings. The first kappa shape index (κ1) is 10.8. The van der Waals surface area contributed by atoms with E-state index in [2.05, 4.69) is 20.4 Å². The molecule has 11 heavy (non-hydrogen) atoms. The molecule has 2 heteroatoms. The molecule has 0 N–H and O–H groups in total. The van der Waals surface area contributed by atoms with Gasteiger partial charge in [-0.25, -0.2) is 0 Å². The summed E-state index contributed by atoms with van der Waals surface area (Å²) < 4.78 is 0. The molecular weight excluding hydrogens is 155 g/mol. The van der Waals surface area contributed by atoms with Gasteiger partial charge >= 0.3 is 0 Å². The maximum Gasteiger partial charge on any atom is 0.155 e. The minimum absolute atomic E-state index is 0.137. The Labute approximate surface area is 70.6 Å². The van der Waals surface area contributed by atoms with Gasteiger partial charge in [0, 0.05) is 6.42 Å². The molecule has 64 valence electrons. The van der Waals surface area contributed by atoms with Crippen LogP contribution in [0.2, 0.25) is 0 Å². The van der Waals surface area contributed by atoms with Crippen molar-refractivity contribution in [3.05, 3.63) is 12.7 Å². The highest BCUT2D eigenvalue weighted by Crippen LogP contribution is 2.34. The lowest BCUT2D eigenvalue weighted by atomic mass is 10.3. The second kappa shape index (κ2) is 6.54. The van der Waals surface area contributed by atoms with Gasteiger partial charge in [0.05, 0.1) is 0 Å². The summed E-state index contributed by atoms with van der Waals surface area (Å²) in [5.74, 6) is 0.194. The Hall–Kier alpha value is -0.160. The molecule has 0 aliphatic carbocycles. The molecule has 0 bridgehead atoms. The number of ketones is 1. The van der Waals surface area contributed by atoms with Crippen LogP contribution in [0.4, 0.5) is 0 Å². The first-order valence-corrected chi connectivity index (χ1v) is 6.01. The molecule has 0 aromatic carbocycles. The lowest BCUT2D eigenvalue weighted by Crippen LogP contribution is -1.97. The highest BCUT2D eigenvalue weighted by atomic mass is 31.1. The predicted octanol–water partition coefficient (Wildman–Crippen LogP) is 2.65. The fraction of sp³-hybridized carbons (Fsp3) is 0.667. The predicted molar refractivity (Wildman–Crippen MR) is 52.7 cm³/mol. The summed E-state index contributed by atoms with van der Waals surface area (Å²) in [7, 11) is 0.137. The van der Waals surface area contributed by atoms with Crippen LogP contribution >= 0.6 is 7.92 Å². The smallest absolute Gasteiger partial charge is 0.155 e. The highest BCUT2D eigenvalue weighted by molar-refractivity contribution is 7.57. The van der Waals surface area contributed by atoms with Crippen LogP contribution in [-0.4, -0.2) is 24.3 Å². The lowest BCUT2D eigenvalue weighted by Gasteiger charge is -2.10. The first-order valence-electron chi connectivity index (χ1n) is 4.12. The van der Waals surface area contributed by atoms with Crippen molar-refractivity contribution in [2.24, 2.45) is 0 Å². The molecule has 0 radical (unpaired) electrons. The molecule has 0 unspecified atom stereocenters. The van der Waals surface area contributed by atoms with Gasteiger partial charge in [-0.2, -0.15) is 0 Å². The van der Waals surface area contributed by atoms with Gasteiger partial charge < -0.3 is 0 Å². The van der Waals surface area contributed by atoms with Crippen molar-refractivity contribution in [1.29, 1.82) is 0 Å². The average molecular weight is 172 g/mol. The molecule has 1 nitrogen and oxygen atoms in total. The summed E-state index contributed by atoms with van der Waals surface area (Å²) in [6.45, 7) is 7.85. The maximum atomic E-state index is 10.8. The van der Waals surface area contributed by atoms with Gasteiger partial charge in [-0.3, -0.25) is 4.79 Å². The SMILES string of the molecule is C=CC(=O)CCP(CC)CC. The van der Waals surface area contributed by atoms with E-state index in [0.717, 1.165) is 6.16 Å². The molecule has 0 saturated carbocycles. The van der Waals surface area contributed by atoms with Crippen molar-refractivity contribution in [2.75, 3.05) is 18.5 Å². The molecule has 0 rings (SSSR count). The van der Waals surface area contributed by atoms with Crippen LogP contribution in [0, 0.1) is 0 Å². The first-order chi connectivity index (χ1) is 5.24. The third-order valence-corrected chi connectivity index (χ3v) is 4.44. The molecule has 0 spiro atoms. The number of hydrogen-bond donors (Lipinski definition) is 0. The molecule has 0 amide bonds. The zero-order valence-electron chi connectivity index (χ0n) is 7.47. The summed E-state index contributed by atoms with van der Waals surface area (Å²) in [6.07, 6.45) is 5.72. The Morgan fingerprint density at radius 3 is 2.36 bits per heavy atom. The summed E-state index contributed by atoms with van der Waals surface area (Å²) in [5, 5.41) is 0. The summed E-state index contributed by atoms with van der Waals surface area (Å²) in [6, 6.07) is 0.